The van der Waals surface area contributed by atoms with Crippen molar-refractivity contribution in [2.24, 2.45) is 19.1 Å². The molecule has 9 nitrogen and oxygen atoms in total. The number of halogens is 2. The number of nitrogens with one attached hydrogen (secondary N) is 1. The van der Waals surface area contributed by atoms with Gasteiger partial charge >= 0.3 is 5.69 Å². The molecule has 2 heterocycles. The van der Waals surface area contributed by atoms with Gasteiger partial charge in [0.25, 0.3) is 5.56 Å². The number of nitrogens with zero attached hydrogens (tertiary/aromatic N) is 4. The molecule has 0 aliphatic heterocycles. The van der Waals surface area contributed by atoms with Gasteiger partial charge in [-0.1, -0.05) is 29.3 Å². The van der Waals surface area contributed by atoms with Crippen molar-refractivity contribution in [1.82, 2.24) is 14.1 Å². The van der Waals surface area contributed by atoms with E-state index in [1.165, 1.54) is 31.6 Å². The highest BCUT2D eigenvalue weighted by Gasteiger charge is 2.20. The number of aliphatic imine (C=N–C) groups is 1. The molecule has 3 N–H and O–H groups in total. The predicted molar refractivity (Wildman–Crippen MR) is 130 cm³/mol. The Kier molecular flexibility index (Phi) is 6.97. The first kappa shape index (κ1) is 23.5. The third-order valence-electron chi connectivity index (χ3n) is 4.60. The van der Waals surface area contributed by atoms with Gasteiger partial charge in [-0.15, -0.1) is 11.3 Å². The van der Waals surface area contributed by atoms with Crippen LogP contribution in [-0.4, -0.2) is 26.7 Å². The van der Waals surface area contributed by atoms with E-state index in [4.69, 9.17) is 28.9 Å². The highest BCUT2D eigenvalue weighted by Crippen LogP contribution is 2.30. The van der Waals surface area contributed by atoms with Gasteiger partial charge in [0.15, 0.2) is 5.13 Å². The third kappa shape index (κ3) is 4.67. The van der Waals surface area contributed by atoms with Gasteiger partial charge in [-0.25, -0.2) is 9.78 Å². The van der Waals surface area contributed by atoms with Crippen molar-refractivity contribution in [3.8, 4) is 11.3 Å². The topological polar surface area (TPSA) is 124 Å². The van der Waals surface area contributed by atoms with Crippen LogP contribution in [0.5, 0.6) is 0 Å². The number of amides is 1. The fourth-order valence-electron chi connectivity index (χ4n) is 2.93. The van der Waals surface area contributed by atoms with E-state index in [0.29, 0.717) is 20.9 Å². The molecule has 0 saturated heterocycles. The Bertz CT molecular complexity index is 1370. The third-order valence-corrected chi connectivity index (χ3v) is 6.09. The normalized spacial score (nSPS) is 11.4. The molecule has 166 valence electrons. The molecular formula is C20H18Cl2N6O3S. The Balaban J connectivity index is 1.85. The summed E-state index contributed by atoms with van der Waals surface area (Å²) < 4.78 is 2.03. The molecule has 0 spiro atoms. The number of thiazole rings is 1. The van der Waals surface area contributed by atoms with Crippen LogP contribution in [0.1, 0.15) is 12.0 Å². The van der Waals surface area contributed by atoms with Crippen molar-refractivity contribution in [3.05, 3.63) is 66.2 Å². The molecule has 3 aromatic rings. The first-order valence-electron chi connectivity index (χ1n) is 9.05. The maximum atomic E-state index is 12.7. The van der Waals surface area contributed by atoms with Crippen LogP contribution in [-0.2, 0) is 18.9 Å². The minimum absolute atomic E-state index is 0.00721. The predicted octanol–water partition coefficient (Wildman–Crippen LogP) is 3.17. The van der Waals surface area contributed by atoms with Crippen molar-refractivity contribution >= 4 is 63.7 Å². The Morgan fingerprint density at radius 1 is 1.28 bits per heavy atom. The van der Waals surface area contributed by atoms with Gasteiger partial charge < -0.3 is 11.1 Å². The van der Waals surface area contributed by atoms with Gasteiger partial charge in [0.2, 0.25) is 5.91 Å². The van der Waals surface area contributed by atoms with Crippen molar-refractivity contribution in [2.45, 2.75) is 6.42 Å². The zero-order valence-electron chi connectivity index (χ0n) is 17.1. The summed E-state index contributed by atoms with van der Waals surface area (Å²) >= 11 is 13.2. The molecule has 1 amide bonds. The summed E-state index contributed by atoms with van der Waals surface area (Å²) in [5.41, 5.74) is 6.35. The molecule has 0 saturated carbocycles. The van der Waals surface area contributed by atoms with Crippen molar-refractivity contribution in [3.63, 3.8) is 0 Å². The SMILES string of the molecule is C=N/C=C(/CC(=O)Nc1nc(-c2ccc(Cl)c(Cl)c2)cs1)c1c(N)n(C)c(=O)n(C)c1=O. The number of hydrogen-bond donors (Lipinski definition) is 2. The molecule has 0 fully saturated rings. The highest BCUT2D eigenvalue weighted by molar-refractivity contribution is 7.14. The molecule has 2 aromatic heterocycles. The Morgan fingerprint density at radius 2 is 2.00 bits per heavy atom. The minimum Gasteiger partial charge on any atom is -0.384 e. The van der Waals surface area contributed by atoms with E-state index in [2.05, 4.69) is 22.0 Å². The number of hydrogen-bond acceptors (Lipinski definition) is 7. The van der Waals surface area contributed by atoms with E-state index in [0.717, 1.165) is 14.7 Å². The second-order valence-electron chi connectivity index (χ2n) is 6.69. The molecule has 0 radical (unpaired) electrons. The fraction of sp³-hybridized carbons (Fsp3) is 0.150. The summed E-state index contributed by atoms with van der Waals surface area (Å²) in [5, 5.41) is 5.62. The quantitative estimate of drug-likeness (QED) is 0.511. The summed E-state index contributed by atoms with van der Waals surface area (Å²) in [6, 6.07) is 5.11. The average molecular weight is 493 g/mol. The average Bonchev–Trinajstić information content (AvgIpc) is 3.21. The molecular weight excluding hydrogens is 475 g/mol. The van der Waals surface area contributed by atoms with Gasteiger partial charge in [0.1, 0.15) is 5.82 Å². The lowest BCUT2D eigenvalue weighted by molar-refractivity contribution is -0.115. The van der Waals surface area contributed by atoms with Crippen LogP contribution in [0.3, 0.4) is 0 Å². The second-order valence-corrected chi connectivity index (χ2v) is 8.37. The summed E-state index contributed by atoms with van der Waals surface area (Å²) in [7, 11) is 2.76. The number of carbonyl (C=O) groups excluding carboxylic acids is 1. The molecule has 3 rings (SSSR count). The number of benzene rings is 1. The summed E-state index contributed by atoms with van der Waals surface area (Å²) in [4.78, 5) is 45.4. The molecule has 0 unspecified atom stereocenters. The lowest BCUT2D eigenvalue weighted by Crippen LogP contribution is -2.40. The molecule has 0 atom stereocenters. The van der Waals surface area contributed by atoms with Crippen molar-refractivity contribution < 1.29 is 4.79 Å². The number of anilines is 2. The molecule has 0 aliphatic carbocycles. The molecule has 12 heteroatoms. The van der Waals surface area contributed by atoms with Crippen molar-refractivity contribution in [1.29, 1.82) is 0 Å². The van der Waals surface area contributed by atoms with Crippen LogP contribution in [0.25, 0.3) is 16.8 Å². The maximum absolute atomic E-state index is 12.7. The monoisotopic (exact) mass is 492 g/mol. The van der Waals surface area contributed by atoms with Crippen LogP contribution in [0.15, 0.2) is 44.4 Å². The Hall–Kier alpha value is -3.21. The van der Waals surface area contributed by atoms with Gasteiger partial charge in [0.05, 0.1) is 27.7 Å². The van der Waals surface area contributed by atoms with Crippen LogP contribution < -0.4 is 22.3 Å². The first-order valence-corrected chi connectivity index (χ1v) is 10.7. The van der Waals surface area contributed by atoms with E-state index in [-0.39, 0.29) is 23.4 Å². The first-order chi connectivity index (χ1) is 15.1. The van der Waals surface area contributed by atoms with E-state index < -0.39 is 17.2 Å². The largest absolute Gasteiger partial charge is 0.384 e. The maximum Gasteiger partial charge on any atom is 0.332 e. The lowest BCUT2D eigenvalue weighted by Gasteiger charge is -2.13. The van der Waals surface area contributed by atoms with Crippen LogP contribution in [0.2, 0.25) is 10.0 Å². The lowest BCUT2D eigenvalue weighted by atomic mass is 10.1. The molecule has 0 bridgehead atoms. The van der Waals surface area contributed by atoms with E-state index in [1.54, 1.807) is 23.6 Å². The number of aromatic nitrogens is 3. The Morgan fingerprint density at radius 3 is 2.66 bits per heavy atom. The Labute approximate surface area is 196 Å². The van der Waals surface area contributed by atoms with E-state index in [1.807, 2.05) is 0 Å². The van der Waals surface area contributed by atoms with E-state index in [9.17, 15) is 14.4 Å². The molecule has 0 aliphatic rings. The summed E-state index contributed by atoms with van der Waals surface area (Å²) in [5.74, 6) is -0.526. The standard InChI is InChI=1S/C20H18Cl2N6O3S/c1-24-8-11(16-17(23)27(2)20(31)28(3)18(16)30)7-15(29)26-19-25-14(9-32-19)10-4-5-12(21)13(22)6-10/h4-6,8-9H,1,7,23H2,2-3H3,(H,25,26,29)/b11-8-. The van der Waals surface area contributed by atoms with Crippen molar-refractivity contribution in [2.75, 3.05) is 11.1 Å². The summed E-state index contributed by atoms with van der Waals surface area (Å²) in [6.45, 7) is 3.38. The van der Waals surface area contributed by atoms with Crippen LogP contribution >= 0.6 is 34.5 Å². The number of nitrogen functional groups attached to an aromatic ring is 1. The zero-order valence-corrected chi connectivity index (χ0v) is 19.4. The van der Waals surface area contributed by atoms with Gasteiger partial charge in [-0.05, 0) is 24.4 Å². The molecule has 32 heavy (non-hydrogen) atoms. The number of carbonyl (C=O) groups is 1. The van der Waals surface area contributed by atoms with Crippen LogP contribution in [0, 0.1) is 0 Å². The number of nitrogens with two attached hydrogens (primary N) is 1. The highest BCUT2D eigenvalue weighted by atomic mass is 35.5. The number of rotatable bonds is 6. The summed E-state index contributed by atoms with van der Waals surface area (Å²) in [6.07, 6.45) is 1.03. The van der Waals surface area contributed by atoms with Crippen LogP contribution in [0.4, 0.5) is 10.9 Å². The van der Waals surface area contributed by atoms with Gasteiger partial charge in [-0.3, -0.25) is 23.7 Å². The molecule has 1 aromatic carbocycles. The smallest absolute Gasteiger partial charge is 0.332 e. The zero-order chi connectivity index (χ0) is 23.6. The van der Waals surface area contributed by atoms with E-state index >= 15 is 0 Å². The van der Waals surface area contributed by atoms with Gasteiger partial charge in [-0.2, -0.15) is 0 Å². The second kappa shape index (κ2) is 9.51. The minimum atomic E-state index is -0.635. The fourth-order valence-corrected chi connectivity index (χ4v) is 3.96. The van der Waals surface area contributed by atoms with Gasteiger partial charge in [0, 0.05) is 31.2 Å².